The molecule has 0 radical (unpaired) electrons. The lowest BCUT2D eigenvalue weighted by Crippen LogP contribution is -2.40. The van der Waals surface area contributed by atoms with E-state index in [0.29, 0.717) is 4.47 Å². The molecule has 2 nitrogen and oxygen atoms in total. The summed E-state index contributed by atoms with van der Waals surface area (Å²) in [6.07, 6.45) is -6.93. The molecule has 0 aliphatic heterocycles. The molecule has 1 N–H and O–H groups in total. The number of carboxylic acids is 1. The number of carbonyl (C=O) groups is 1. The largest absolute Gasteiger partial charge is 0.481 e. The van der Waals surface area contributed by atoms with Crippen molar-refractivity contribution in [3.63, 3.8) is 0 Å². The third-order valence-corrected chi connectivity index (χ3v) is 2.67. The van der Waals surface area contributed by atoms with Crippen LogP contribution in [0.3, 0.4) is 0 Å². The highest BCUT2D eigenvalue weighted by atomic mass is 79.9. The van der Waals surface area contributed by atoms with Gasteiger partial charge in [-0.2, -0.15) is 13.2 Å². The van der Waals surface area contributed by atoms with Crippen molar-refractivity contribution in [1.29, 1.82) is 0 Å². The molecule has 1 aromatic carbocycles. The maximum Gasteiger partial charge on any atom is 0.427 e. The first kappa shape index (κ1) is 14.0. The van der Waals surface area contributed by atoms with Gasteiger partial charge < -0.3 is 5.11 Å². The molecule has 0 heterocycles. The molecule has 17 heavy (non-hydrogen) atoms. The molecule has 1 rings (SSSR count). The number of rotatable bonds is 3. The minimum absolute atomic E-state index is 0.473. The van der Waals surface area contributed by atoms with Crippen LogP contribution in [0, 0.1) is 0 Å². The zero-order valence-corrected chi connectivity index (χ0v) is 9.85. The fraction of sp³-hybridized carbons (Fsp3) is 0.300. The van der Waals surface area contributed by atoms with E-state index in [1.165, 1.54) is 12.1 Å². The molecule has 1 aromatic rings. The second kappa shape index (κ2) is 4.64. The van der Waals surface area contributed by atoms with E-state index < -0.39 is 29.8 Å². The topological polar surface area (TPSA) is 37.3 Å². The fourth-order valence-corrected chi connectivity index (χ4v) is 1.55. The first-order valence-electron chi connectivity index (χ1n) is 4.40. The van der Waals surface area contributed by atoms with Gasteiger partial charge in [-0.3, -0.25) is 4.79 Å². The van der Waals surface area contributed by atoms with Gasteiger partial charge in [0.25, 0.3) is 0 Å². The van der Waals surface area contributed by atoms with Crippen molar-refractivity contribution in [2.24, 2.45) is 0 Å². The predicted molar refractivity (Wildman–Crippen MR) is 55.2 cm³/mol. The summed E-state index contributed by atoms with van der Waals surface area (Å²) in [5.41, 5.74) is -4.60. The maximum absolute atomic E-state index is 13.9. The smallest absolute Gasteiger partial charge is 0.427 e. The molecule has 0 saturated carbocycles. The number of aliphatic carboxylic acids is 1. The molecule has 0 aliphatic rings. The third kappa shape index (κ3) is 2.96. The molecule has 0 aliphatic carbocycles. The average Bonchev–Trinajstić information content (AvgIpc) is 2.15. The number of halogens is 5. The zero-order valence-electron chi connectivity index (χ0n) is 8.26. The van der Waals surface area contributed by atoms with E-state index in [1.54, 1.807) is 0 Å². The highest BCUT2D eigenvalue weighted by Crippen LogP contribution is 2.45. The second-order valence-electron chi connectivity index (χ2n) is 3.38. The van der Waals surface area contributed by atoms with Crippen LogP contribution in [-0.4, -0.2) is 17.3 Å². The Balaban J connectivity index is 3.24. The number of hydrogen-bond donors (Lipinski definition) is 1. The van der Waals surface area contributed by atoms with Crippen LogP contribution in [0.2, 0.25) is 0 Å². The minimum atomic E-state index is -5.28. The van der Waals surface area contributed by atoms with Crippen LogP contribution in [0.4, 0.5) is 17.6 Å². The van der Waals surface area contributed by atoms with E-state index in [2.05, 4.69) is 15.9 Å². The van der Waals surface area contributed by atoms with Crippen LogP contribution in [-0.2, 0) is 10.5 Å². The van der Waals surface area contributed by atoms with Crippen LogP contribution >= 0.6 is 15.9 Å². The molecule has 0 amide bonds. The number of hydrogen-bond acceptors (Lipinski definition) is 1. The molecule has 0 saturated heterocycles. The Morgan fingerprint density at radius 1 is 1.18 bits per heavy atom. The molecule has 7 heteroatoms. The van der Waals surface area contributed by atoms with Crippen LogP contribution in [0.15, 0.2) is 28.7 Å². The summed E-state index contributed by atoms with van der Waals surface area (Å²) in [6, 6.07) is 4.25. The minimum Gasteiger partial charge on any atom is -0.481 e. The SMILES string of the molecule is O=C(O)CC(F)(c1ccc(Br)cc1)C(F)(F)F. The summed E-state index contributed by atoms with van der Waals surface area (Å²) in [5.74, 6) is -1.85. The van der Waals surface area contributed by atoms with Crippen LogP contribution in [0.25, 0.3) is 0 Å². The summed E-state index contributed by atoms with van der Waals surface area (Å²) in [6.45, 7) is 0. The van der Waals surface area contributed by atoms with Crippen molar-refractivity contribution in [1.82, 2.24) is 0 Å². The summed E-state index contributed by atoms with van der Waals surface area (Å²) < 4.78 is 52.2. The van der Waals surface area contributed by atoms with Crippen molar-refractivity contribution in [3.05, 3.63) is 34.3 Å². The van der Waals surface area contributed by atoms with Gasteiger partial charge in [0, 0.05) is 4.47 Å². The highest BCUT2D eigenvalue weighted by Gasteiger charge is 2.58. The summed E-state index contributed by atoms with van der Waals surface area (Å²) >= 11 is 2.99. The lowest BCUT2D eigenvalue weighted by molar-refractivity contribution is -0.239. The van der Waals surface area contributed by atoms with Crippen LogP contribution < -0.4 is 0 Å². The Hall–Kier alpha value is -1.11. The molecule has 1 atom stereocenters. The van der Waals surface area contributed by atoms with Crippen molar-refractivity contribution >= 4 is 21.9 Å². The first-order valence-corrected chi connectivity index (χ1v) is 5.19. The zero-order chi connectivity index (χ0) is 13.3. The first-order chi connectivity index (χ1) is 7.67. The normalized spacial score (nSPS) is 15.4. The van der Waals surface area contributed by atoms with Gasteiger partial charge in [0.15, 0.2) is 0 Å². The van der Waals surface area contributed by atoms with Gasteiger partial charge in [-0.1, -0.05) is 28.1 Å². The Morgan fingerprint density at radius 3 is 2.00 bits per heavy atom. The number of benzene rings is 1. The Labute approximate surface area is 102 Å². The summed E-state index contributed by atoms with van der Waals surface area (Å²) in [7, 11) is 0. The molecule has 0 bridgehead atoms. The van der Waals surface area contributed by atoms with Crippen molar-refractivity contribution < 1.29 is 27.5 Å². The third-order valence-electron chi connectivity index (χ3n) is 2.15. The van der Waals surface area contributed by atoms with Gasteiger partial charge in [-0.15, -0.1) is 0 Å². The molecule has 94 valence electrons. The van der Waals surface area contributed by atoms with E-state index >= 15 is 0 Å². The Kier molecular flexibility index (Phi) is 3.81. The maximum atomic E-state index is 13.9. The highest BCUT2D eigenvalue weighted by molar-refractivity contribution is 9.10. The monoisotopic (exact) mass is 314 g/mol. The quantitative estimate of drug-likeness (QED) is 0.865. The molecule has 1 unspecified atom stereocenters. The van der Waals surface area contributed by atoms with Gasteiger partial charge >= 0.3 is 12.1 Å². The van der Waals surface area contributed by atoms with Crippen molar-refractivity contribution in [2.75, 3.05) is 0 Å². The average molecular weight is 315 g/mol. The summed E-state index contributed by atoms with van der Waals surface area (Å²) in [4.78, 5) is 10.4. The van der Waals surface area contributed by atoms with E-state index in [9.17, 15) is 22.4 Å². The van der Waals surface area contributed by atoms with Gasteiger partial charge in [0.05, 0.1) is 6.42 Å². The second-order valence-corrected chi connectivity index (χ2v) is 4.29. The van der Waals surface area contributed by atoms with Crippen molar-refractivity contribution in [3.8, 4) is 0 Å². The van der Waals surface area contributed by atoms with E-state index in [4.69, 9.17) is 5.11 Å². The lowest BCUT2D eigenvalue weighted by Gasteiger charge is -2.26. The number of carboxylic acid groups (broad SMARTS) is 1. The molecule has 0 aromatic heterocycles. The van der Waals surface area contributed by atoms with Gasteiger partial charge in [-0.25, -0.2) is 4.39 Å². The van der Waals surface area contributed by atoms with Crippen molar-refractivity contribution in [2.45, 2.75) is 18.3 Å². The molecular weight excluding hydrogens is 308 g/mol. The summed E-state index contributed by atoms with van der Waals surface area (Å²) in [5, 5.41) is 8.38. The van der Waals surface area contributed by atoms with Crippen LogP contribution in [0.5, 0.6) is 0 Å². The Bertz CT molecular complexity index is 415. The molecule has 0 spiro atoms. The fourth-order valence-electron chi connectivity index (χ4n) is 1.29. The number of alkyl halides is 4. The van der Waals surface area contributed by atoms with Gasteiger partial charge in [0.1, 0.15) is 0 Å². The molecule has 0 fully saturated rings. The van der Waals surface area contributed by atoms with Gasteiger partial charge in [0.2, 0.25) is 5.67 Å². The Morgan fingerprint density at radius 2 is 1.65 bits per heavy atom. The van der Waals surface area contributed by atoms with E-state index in [1.807, 2.05) is 0 Å². The lowest BCUT2D eigenvalue weighted by atomic mass is 9.92. The molecular formula is C10H7BrF4O2. The standard InChI is InChI=1S/C10H7BrF4O2/c11-7-3-1-6(2-4-7)9(12,5-8(16)17)10(13,14)15/h1-4H,5H2,(H,16,17). The predicted octanol–water partition coefficient (Wildman–Crippen LogP) is 3.65. The van der Waals surface area contributed by atoms with Gasteiger partial charge in [-0.05, 0) is 17.7 Å². The van der Waals surface area contributed by atoms with Crippen LogP contribution in [0.1, 0.15) is 12.0 Å². The van der Waals surface area contributed by atoms with E-state index in [0.717, 1.165) is 12.1 Å². The van der Waals surface area contributed by atoms with E-state index in [-0.39, 0.29) is 0 Å².